The molecule has 9 nitrogen and oxygen atoms in total. The number of hydrogen-bond acceptors (Lipinski definition) is 7. The molecule has 0 spiro atoms. The lowest BCUT2D eigenvalue weighted by atomic mass is 10.1. The van der Waals surface area contributed by atoms with Gasteiger partial charge in [0, 0.05) is 28.2 Å². The van der Waals surface area contributed by atoms with Crippen molar-refractivity contribution in [2.45, 2.75) is 83.7 Å². The highest BCUT2D eigenvalue weighted by Gasteiger charge is 2.61. The number of aliphatic hydroxyl groups is 1. The van der Waals surface area contributed by atoms with E-state index in [1.165, 1.54) is 0 Å². The van der Waals surface area contributed by atoms with Gasteiger partial charge in [-0.15, -0.1) is 0 Å². The zero-order valence-corrected chi connectivity index (χ0v) is 26.0. The Kier molecular flexibility index (Phi) is 9.97. The number of ether oxygens (including phenoxy) is 2. The van der Waals surface area contributed by atoms with Crippen LogP contribution in [0.15, 0.2) is 42.5 Å². The Balaban J connectivity index is 1.46. The Morgan fingerprint density at radius 2 is 1.62 bits per heavy atom. The SMILES string of the molecule is CC(Cc1ccc(OCP(=O)(O)O)cc1)NCC(O)COc1ccc2c(c1)CO[Si](C(C)(C)C)(C(C)(C)C)O2. The van der Waals surface area contributed by atoms with E-state index >= 15 is 0 Å². The minimum Gasteiger partial charge on any atom is -0.519 e. The van der Waals surface area contributed by atoms with E-state index in [1.807, 2.05) is 37.3 Å². The van der Waals surface area contributed by atoms with Gasteiger partial charge in [0.05, 0.1) is 6.61 Å². The third-order valence-corrected chi connectivity index (χ3v) is 12.2. The average Bonchev–Trinajstić information content (AvgIpc) is 2.83. The van der Waals surface area contributed by atoms with Crippen molar-refractivity contribution in [1.29, 1.82) is 0 Å². The molecule has 0 saturated heterocycles. The largest absolute Gasteiger partial charge is 0.519 e. The van der Waals surface area contributed by atoms with E-state index in [9.17, 15) is 9.67 Å². The molecule has 1 aliphatic rings. The summed E-state index contributed by atoms with van der Waals surface area (Å²) in [7, 11) is -6.79. The van der Waals surface area contributed by atoms with Crippen LogP contribution < -0.4 is 19.2 Å². The van der Waals surface area contributed by atoms with E-state index in [-0.39, 0.29) is 22.7 Å². The number of fused-ring (bicyclic) bond motifs is 1. The molecule has 3 rings (SSSR count). The van der Waals surface area contributed by atoms with Crippen LogP contribution in [0, 0.1) is 0 Å². The molecule has 0 aliphatic carbocycles. The lowest BCUT2D eigenvalue weighted by Gasteiger charge is -2.50. The maximum absolute atomic E-state index is 10.9. The van der Waals surface area contributed by atoms with Crippen LogP contribution in [0.4, 0.5) is 0 Å². The number of rotatable bonds is 11. The Bertz CT molecular complexity index is 1130. The lowest BCUT2D eigenvalue weighted by molar-refractivity contribution is 0.103. The van der Waals surface area contributed by atoms with Gasteiger partial charge in [-0.3, -0.25) is 4.57 Å². The van der Waals surface area contributed by atoms with Gasteiger partial charge in [-0.25, -0.2) is 0 Å². The highest BCUT2D eigenvalue weighted by atomic mass is 31.2. The van der Waals surface area contributed by atoms with Gasteiger partial charge in [-0.05, 0) is 49.2 Å². The summed E-state index contributed by atoms with van der Waals surface area (Å²) in [6, 6.07) is 12.9. The number of aliphatic hydroxyl groups excluding tert-OH is 1. The average molecular weight is 582 g/mol. The first-order chi connectivity index (χ1) is 18.0. The van der Waals surface area contributed by atoms with Crippen molar-refractivity contribution in [2.75, 3.05) is 19.5 Å². The summed E-state index contributed by atoms with van der Waals surface area (Å²) in [5, 5.41) is 13.6. The predicted octanol–water partition coefficient (Wildman–Crippen LogP) is 5.11. The van der Waals surface area contributed by atoms with E-state index < -0.39 is 28.6 Å². The molecule has 0 saturated carbocycles. The predicted molar refractivity (Wildman–Crippen MR) is 154 cm³/mol. The fraction of sp³-hybridized carbons (Fsp3) is 0.571. The van der Waals surface area contributed by atoms with E-state index in [2.05, 4.69) is 46.9 Å². The van der Waals surface area contributed by atoms with Crippen LogP contribution >= 0.6 is 7.60 Å². The molecule has 0 bridgehead atoms. The van der Waals surface area contributed by atoms with Crippen LogP contribution in [0.3, 0.4) is 0 Å². The minimum absolute atomic E-state index is 0.0922. The summed E-state index contributed by atoms with van der Waals surface area (Å²) in [5.41, 5.74) is 1.98. The van der Waals surface area contributed by atoms with Gasteiger partial charge >= 0.3 is 16.2 Å². The summed E-state index contributed by atoms with van der Waals surface area (Å²) in [6.07, 6.45) is -0.625. The molecular formula is C28H44NO8PSi. The molecule has 0 amide bonds. The zero-order chi connectivity index (χ0) is 29.1. The first-order valence-corrected chi connectivity index (χ1v) is 16.9. The Hall–Kier alpha value is -1.91. The molecule has 0 aromatic heterocycles. The van der Waals surface area contributed by atoms with Crippen molar-refractivity contribution in [2.24, 2.45) is 0 Å². The van der Waals surface area contributed by atoms with Gasteiger partial charge < -0.3 is 38.5 Å². The van der Waals surface area contributed by atoms with E-state index in [1.54, 1.807) is 12.1 Å². The molecule has 1 heterocycles. The zero-order valence-electron chi connectivity index (χ0n) is 24.1. The quantitative estimate of drug-likeness (QED) is 0.211. The van der Waals surface area contributed by atoms with Crippen LogP contribution in [0.1, 0.15) is 59.6 Å². The molecule has 2 aromatic rings. The van der Waals surface area contributed by atoms with Crippen LogP contribution in [0.5, 0.6) is 17.2 Å². The summed E-state index contributed by atoms with van der Waals surface area (Å²) in [6.45, 7) is 16.1. The molecule has 0 fully saturated rings. The van der Waals surface area contributed by atoms with E-state index in [0.29, 0.717) is 31.1 Å². The molecule has 2 atom stereocenters. The lowest BCUT2D eigenvalue weighted by Crippen LogP contribution is -2.61. The first kappa shape index (κ1) is 31.6. The second kappa shape index (κ2) is 12.3. The molecule has 2 unspecified atom stereocenters. The normalized spacial score (nSPS) is 17.1. The molecule has 39 heavy (non-hydrogen) atoms. The van der Waals surface area contributed by atoms with Crippen molar-refractivity contribution < 1.29 is 37.8 Å². The van der Waals surface area contributed by atoms with Crippen LogP contribution in [-0.4, -0.2) is 55.1 Å². The summed E-state index contributed by atoms with van der Waals surface area (Å²) < 4.78 is 35.1. The highest BCUT2D eigenvalue weighted by Crippen LogP contribution is 2.54. The van der Waals surface area contributed by atoms with Crippen molar-refractivity contribution in [3.05, 3.63) is 53.6 Å². The fourth-order valence-electron chi connectivity index (χ4n) is 4.98. The van der Waals surface area contributed by atoms with Crippen molar-refractivity contribution in [1.82, 2.24) is 5.32 Å². The van der Waals surface area contributed by atoms with Gasteiger partial charge in [0.1, 0.15) is 30.0 Å². The maximum atomic E-state index is 10.9. The van der Waals surface area contributed by atoms with Gasteiger partial charge in [0.25, 0.3) is 0 Å². The third-order valence-electron chi connectivity index (χ3n) is 6.70. The number of nitrogens with one attached hydrogen (secondary N) is 1. The molecule has 4 N–H and O–H groups in total. The smallest absolute Gasteiger partial charge is 0.410 e. The maximum Gasteiger partial charge on any atom is 0.410 e. The molecule has 1 aliphatic heterocycles. The van der Waals surface area contributed by atoms with Crippen LogP contribution in [0.25, 0.3) is 0 Å². The van der Waals surface area contributed by atoms with Crippen LogP contribution in [0.2, 0.25) is 10.1 Å². The number of hydrogen-bond donors (Lipinski definition) is 4. The molecule has 2 aromatic carbocycles. The molecule has 218 valence electrons. The van der Waals surface area contributed by atoms with Gasteiger partial charge in [0.15, 0.2) is 6.35 Å². The second-order valence-electron chi connectivity index (χ2n) is 12.3. The highest BCUT2D eigenvalue weighted by molar-refractivity contribution is 7.51. The van der Waals surface area contributed by atoms with Gasteiger partial charge in [-0.1, -0.05) is 53.7 Å². The van der Waals surface area contributed by atoms with E-state index in [4.69, 9.17) is 28.1 Å². The Morgan fingerprint density at radius 3 is 2.21 bits per heavy atom. The van der Waals surface area contributed by atoms with E-state index in [0.717, 1.165) is 16.9 Å². The summed E-state index contributed by atoms with van der Waals surface area (Å²) >= 11 is 0. The third kappa shape index (κ3) is 8.54. The monoisotopic (exact) mass is 581 g/mol. The molecular weight excluding hydrogens is 537 g/mol. The Morgan fingerprint density at radius 1 is 1.00 bits per heavy atom. The summed E-state index contributed by atoms with van der Waals surface area (Å²) in [4.78, 5) is 17.8. The minimum atomic E-state index is -4.21. The van der Waals surface area contributed by atoms with Crippen molar-refractivity contribution in [3.63, 3.8) is 0 Å². The standard InChI is InChI=1S/C28H44NO8PSi/c1-20(14-21-8-10-24(11-9-21)35-19-38(31,32)33)29-16-23(30)18-34-25-12-13-26-22(15-25)17-36-39(37-26,27(2,3)4)28(5,6)7/h8-13,15,20,23,29-30H,14,16-19H2,1-7H3,(H2,31,32,33). The summed E-state index contributed by atoms with van der Waals surface area (Å²) in [5.74, 6) is 1.91. The topological polar surface area (TPSA) is 127 Å². The van der Waals surface area contributed by atoms with Gasteiger partial charge in [-0.2, -0.15) is 0 Å². The Labute approximate surface area is 233 Å². The van der Waals surface area contributed by atoms with Crippen molar-refractivity contribution >= 4 is 16.2 Å². The molecule has 11 heteroatoms. The first-order valence-electron chi connectivity index (χ1n) is 13.3. The second-order valence-corrected chi connectivity index (χ2v) is 18.7. The van der Waals surface area contributed by atoms with Crippen LogP contribution in [-0.2, 0) is 22.0 Å². The van der Waals surface area contributed by atoms with Gasteiger partial charge in [0.2, 0.25) is 0 Å². The number of benzene rings is 2. The molecule has 0 radical (unpaired) electrons. The fourth-order valence-corrected chi connectivity index (χ4v) is 9.95. The van der Waals surface area contributed by atoms with Crippen molar-refractivity contribution in [3.8, 4) is 17.2 Å².